The molecule has 1 heterocycles. The molecule has 5 heteroatoms. The number of rotatable bonds is 2. The molecule has 0 amide bonds. The summed E-state index contributed by atoms with van der Waals surface area (Å²) in [5.74, 6) is 0.433. The van der Waals surface area contributed by atoms with Gasteiger partial charge in [0.2, 0.25) is 5.28 Å². The lowest BCUT2D eigenvalue weighted by molar-refractivity contribution is 0.686. The lowest BCUT2D eigenvalue weighted by Crippen LogP contribution is -1.96. The summed E-state index contributed by atoms with van der Waals surface area (Å²) in [6.07, 6.45) is 3.17. The average molecular weight is 191 g/mol. The van der Waals surface area contributed by atoms with Crippen LogP contribution in [0.2, 0.25) is 5.28 Å². The highest BCUT2D eigenvalue weighted by molar-refractivity contribution is 7.83. The summed E-state index contributed by atoms with van der Waals surface area (Å²) in [5, 5.41) is 0.202. The van der Waals surface area contributed by atoms with Crippen LogP contribution in [0.15, 0.2) is 12.3 Å². The van der Waals surface area contributed by atoms with E-state index in [0.29, 0.717) is 11.4 Å². The lowest BCUT2D eigenvalue weighted by Gasteiger charge is -1.95. The zero-order valence-electron chi connectivity index (χ0n) is 5.95. The van der Waals surface area contributed by atoms with Crippen LogP contribution in [-0.4, -0.2) is 20.4 Å². The Bertz CT molecular complexity index is 279. The van der Waals surface area contributed by atoms with E-state index in [1.54, 1.807) is 18.5 Å². The van der Waals surface area contributed by atoms with Gasteiger partial charge in [0.15, 0.2) is 0 Å². The molecular weight excluding hydrogens is 184 g/mol. The normalized spacial score (nSPS) is 12.9. The monoisotopic (exact) mass is 190 g/mol. The summed E-state index contributed by atoms with van der Waals surface area (Å²) < 4.78 is 10.7. The third-order valence-corrected chi connectivity index (χ3v) is 1.92. The minimum Gasteiger partial charge on any atom is -0.259 e. The van der Waals surface area contributed by atoms with Gasteiger partial charge in [0, 0.05) is 23.3 Å². The predicted octanol–water partition coefficient (Wildman–Crippen LogP) is 1.01. The van der Waals surface area contributed by atoms with Crippen molar-refractivity contribution in [1.82, 2.24) is 9.97 Å². The van der Waals surface area contributed by atoms with Crippen molar-refractivity contribution in [1.29, 1.82) is 0 Å². The van der Waals surface area contributed by atoms with E-state index >= 15 is 0 Å². The minimum atomic E-state index is -0.874. The second kappa shape index (κ2) is 3.78. The number of halogens is 1. The Labute approximate surface area is 72.3 Å². The van der Waals surface area contributed by atoms with Gasteiger partial charge in [-0.05, 0) is 17.7 Å². The van der Waals surface area contributed by atoms with Crippen molar-refractivity contribution in [2.45, 2.75) is 5.75 Å². The third kappa shape index (κ3) is 2.95. The molecule has 0 aromatic carbocycles. The molecule has 11 heavy (non-hydrogen) atoms. The molecule has 0 aliphatic heterocycles. The number of aromatic nitrogens is 2. The first-order chi connectivity index (χ1) is 5.18. The van der Waals surface area contributed by atoms with E-state index in [-0.39, 0.29) is 5.28 Å². The highest BCUT2D eigenvalue weighted by Crippen LogP contribution is 2.02. The zero-order chi connectivity index (χ0) is 8.27. The molecule has 0 radical (unpaired) electrons. The first-order valence-corrected chi connectivity index (χ1v) is 5.06. The Hall–Kier alpha value is -0.480. The topological polar surface area (TPSA) is 42.9 Å². The Kier molecular flexibility index (Phi) is 2.96. The lowest BCUT2D eigenvalue weighted by atomic mass is 10.5. The summed E-state index contributed by atoms with van der Waals surface area (Å²) >= 11 is 5.51. The van der Waals surface area contributed by atoms with E-state index in [1.807, 2.05) is 0 Å². The van der Waals surface area contributed by atoms with Crippen molar-refractivity contribution >= 4 is 22.4 Å². The molecule has 0 aliphatic carbocycles. The SMILES string of the molecule is C[S@@](=O)Cc1ccnc(Cl)n1. The fourth-order valence-corrected chi connectivity index (χ4v) is 1.40. The Morgan fingerprint density at radius 3 is 3.00 bits per heavy atom. The van der Waals surface area contributed by atoms with Crippen molar-refractivity contribution in [3.8, 4) is 0 Å². The Balaban J connectivity index is 2.79. The molecule has 0 fully saturated rings. The van der Waals surface area contributed by atoms with Gasteiger partial charge in [-0.3, -0.25) is 4.21 Å². The quantitative estimate of drug-likeness (QED) is 0.654. The summed E-state index contributed by atoms with van der Waals surface area (Å²) in [6.45, 7) is 0. The van der Waals surface area contributed by atoms with Gasteiger partial charge in [0.25, 0.3) is 0 Å². The number of nitrogens with zero attached hydrogens (tertiary/aromatic N) is 2. The molecule has 1 aromatic rings. The average Bonchev–Trinajstić information content (AvgIpc) is 1.85. The van der Waals surface area contributed by atoms with Crippen LogP contribution in [-0.2, 0) is 16.6 Å². The predicted molar refractivity (Wildman–Crippen MR) is 44.8 cm³/mol. The van der Waals surface area contributed by atoms with Crippen LogP contribution >= 0.6 is 11.6 Å². The maximum absolute atomic E-state index is 10.7. The summed E-state index contributed by atoms with van der Waals surface area (Å²) in [4.78, 5) is 7.58. The van der Waals surface area contributed by atoms with Crippen molar-refractivity contribution in [2.24, 2.45) is 0 Å². The van der Waals surface area contributed by atoms with Gasteiger partial charge in [-0.25, -0.2) is 9.97 Å². The number of hydrogen-bond donors (Lipinski definition) is 0. The molecule has 1 aromatic heterocycles. The van der Waals surface area contributed by atoms with Gasteiger partial charge in [0.1, 0.15) is 0 Å². The summed E-state index contributed by atoms with van der Waals surface area (Å²) in [7, 11) is -0.874. The molecule has 1 rings (SSSR count). The molecule has 0 N–H and O–H groups in total. The van der Waals surface area contributed by atoms with Crippen molar-refractivity contribution in [3.05, 3.63) is 23.2 Å². The third-order valence-electron chi connectivity index (χ3n) is 1.03. The van der Waals surface area contributed by atoms with E-state index in [9.17, 15) is 4.21 Å². The molecular formula is C6H7ClN2OS. The second-order valence-electron chi connectivity index (χ2n) is 2.03. The molecule has 3 nitrogen and oxygen atoms in total. The molecule has 0 aliphatic rings. The number of hydrogen-bond acceptors (Lipinski definition) is 3. The van der Waals surface area contributed by atoms with Crippen LogP contribution in [0.3, 0.4) is 0 Å². The summed E-state index contributed by atoms with van der Waals surface area (Å²) in [6, 6.07) is 1.70. The molecule has 0 saturated heterocycles. The zero-order valence-corrected chi connectivity index (χ0v) is 7.52. The van der Waals surface area contributed by atoms with Crippen LogP contribution in [0.25, 0.3) is 0 Å². The highest BCUT2D eigenvalue weighted by atomic mass is 35.5. The molecule has 0 spiro atoms. The van der Waals surface area contributed by atoms with Crippen LogP contribution in [0.1, 0.15) is 5.69 Å². The largest absolute Gasteiger partial charge is 0.259 e. The van der Waals surface area contributed by atoms with Gasteiger partial charge in [-0.1, -0.05) is 0 Å². The fourth-order valence-electron chi connectivity index (χ4n) is 0.658. The van der Waals surface area contributed by atoms with Gasteiger partial charge >= 0.3 is 0 Å². The smallest absolute Gasteiger partial charge is 0.222 e. The van der Waals surface area contributed by atoms with E-state index in [1.165, 1.54) is 0 Å². The first kappa shape index (κ1) is 8.62. The molecule has 0 saturated carbocycles. The van der Waals surface area contributed by atoms with Crippen LogP contribution < -0.4 is 0 Å². The van der Waals surface area contributed by atoms with E-state index in [0.717, 1.165) is 0 Å². The Morgan fingerprint density at radius 2 is 2.45 bits per heavy atom. The van der Waals surface area contributed by atoms with Crippen LogP contribution in [0, 0.1) is 0 Å². The summed E-state index contributed by atoms with van der Waals surface area (Å²) in [5.41, 5.74) is 0.714. The van der Waals surface area contributed by atoms with Crippen LogP contribution in [0.4, 0.5) is 0 Å². The molecule has 60 valence electrons. The van der Waals surface area contributed by atoms with Crippen LogP contribution in [0.5, 0.6) is 0 Å². The van der Waals surface area contributed by atoms with Gasteiger partial charge in [-0.15, -0.1) is 0 Å². The molecule has 1 atom stereocenters. The van der Waals surface area contributed by atoms with E-state index in [2.05, 4.69) is 9.97 Å². The fraction of sp³-hybridized carbons (Fsp3) is 0.333. The highest BCUT2D eigenvalue weighted by Gasteiger charge is 1.98. The first-order valence-electron chi connectivity index (χ1n) is 2.96. The Morgan fingerprint density at radius 1 is 1.73 bits per heavy atom. The van der Waals surface area contributed by atoms with Gasteiger partial charge in [-0.2, -0.15) is 0 Å². The van der Waals surface area contributed by atoms with Crippen molar-refractivity contribution < 1.29 is 4.21 Å². The maximum atomic E-state index is 10.7. The molecule has 0 bridgehead atoms. The second-order valence-corrected chi connectivity index (χ2v) is 3.81. The van der Waals surface area contributed by atoms with Gasteiger partial charge < -0.3 is 0 Å². The molecule has 0 unspecified atom stereocenters. The van der Waals surface area contributed by atoms with Crippen molar-refractivity contribution in [2.75, 3.05) is 6.26 Å². The maximum Gasteiger partial charge on any atom is 0.222 e. The van der Waals surface area contributed by atoms with Crippen molar-refractivity contribution in [3.63, 3.8) is 0 Å². The van der Waals surface area contributed by atoms with E-state index in [4.69, 9.17) is 11.6 Å². The standard InChI is InChI=1S/C6H7ClN2OS/c1-11(10)4-5-2-3-8-6(7)9-5/h2-3H,4H2,1H3/t11-/m1/s1. The minimum absolute atomic E-state index is 0.202. The van der Waals surface area contributed by atoms with Gasteiger partial charge in [0.05, 0.1) is 11.4 Å². The van der Waals surface area contributed by atoms with E-state index < -0.39 is 10.8 Å².